The van der Waals surface area contributed by atoms with Crippen LogP contribution in [0.1, 0.15) is 30.5 Å². The molecule has 1 saturated heterocycles. The minimum absolute atomic E-state index is 0.611. The van der Waals surface area contributed by atoms with Crippen LogP contribution in [0.15, 0.2) is 24.3 Å². The van der Waals surface area contributed by atoms with Gasteiger partial charge in [0, 0.05) is 18.0 Å². The fraction of sp³-hybridized carbons (Fsp3) is 0.500. The molecule has 1 fully saturated rings. The Balaban J connectivity index is 1.85. The van der Waals surface area contributed by atoms with Gasteiger partial charge in [-0.1, -0.05) is 29.8 Å². The number of nitrogens with one attached hydrogen (secondary N) is 1. The number of rotatable bonds is 3. The molecule has 3 rings (SSSR count). The van der Waals surface area contributed by atoms with Crippen LogP contribution in [0.2, 0.25) is 5.02 Å². The molecule has 1 N–H and O–H groups in total. The van der Waals surface area contributed by atoms with Gasteiger partial charge in [-0.05, 0) is 58.0 Å². The van der Waals surface area contributed by atoms with Crippen molar-refractivity contribution in [2.45, 2.75) is 38.8 Å². The number of hydrogen-bond donors (Lipinski definition) is 1. The smallest absolute Gasteiger partial charge is 0.0740 e. The summed E-state index contributed by atoms with van der Waals surface area (Å²) in [5.74, 6) is 0. The van der Waals surface area contributed by atoms with Crippen LogP contribution in [0.5, 0.6) is 0 Å². The average Bonchev–Trinajstić information content (AvgIpc) is 2.81. The predicted molar refractivity (Wildman–Crippen MR) is 93.5 cm³/mol. The van der Waals surface area contributed by atoms with Gasteiger partial charge in [0.2, 0.25) is 0 Å². The van der Waals surface area contributed by atoms with Crippen LogP contribution in [-0.4, -0.2) is 36.1 Å². The number of nitrogens with zero attached hydrogens (tertiary/aromatic N) is 2. The zero-order valence-electron chi connectivity index (χ0n) is 13.4. The molecule has 1 aliphatic rings. The van der Waals surface area contributed by atoms with Gasteiger partial charge in [-0.3, -0.25) is 4.90 Å². The third-order valence-electron chi connectivity index (χ3n) is 4.71. The molecule has 2 heterocycles. The monoisotopic (exact) mass is 317 g/mol. The maximum Gasteiger partial charge on any atom is 0.0740 e. The molecule has 2 aromatic rings. The fourth-order valence-corrected chi connectivity index (χ4v) is 3.53. The van der Waals surface area contributed by atoms with Gasteiger partial charge in [0.15, 0.2) is 0 Å². The fourth-order valence-electron chi connectivity index (χ4n) is 3.33. The van der Waals surface area contributed by atoms with Crippen molar-refractivity contribution in [1.29, 1.82) is 0 Å². The molecule has 1 aromatic heterocycles. The van der Waals surface area contributed by atoms with Crippen molar-refractivity contribution in [2.24, 2.45) is 0 Å². The summed E-state index contributed by atoms with van der Waals surface area (Å²) in [6, 6.07) is 8.84. The van der Waals surface area contributed by atoms with Crippen LogP contribution in [0.25, 0.3) is 10.9 Å². The number of pyridine rings is 1. The molecule has 0 aliphatic carbocycles. The van der Waals surface area contributed by atoms with Crippen LogP contribution in [0, 0.1) is 6.92 Å². The van der Waals surface area contributed by atoms with Crippen LogP contribution in [0.3, 0.4) is 0 Å². The Morgan fingerprint density at radius 3 is 2.95 bits per heavy atom. The molecule has 0 spiro atoms. The Bertz CT molecular complexity index is 648. The molecule has 1 unspecified atom stereocenters. The molecular weight excluding hydrogens is 294 g/mol. The summed E-state index contributed by atoms with van der Waals surface area (Å²) in [6.45, 7) is 5.14. The first-order valence-corrected chi connectivity index (χ1v) is 8.49. The largest absolute Gasteiger partial charge is 0.317 e. The summed E-state index contributed by atoms with van der Waals surface area (Å²) in [7, 11) is 2.19. The highest BCUT2D eigenvalue weighted by Crippen LogP contribution is 2.28. The van der Waals surface area contributed by atoms with Crippen molar-refractivity contribution in [3.8, 4) is 0 Å². The molecule has 0 amide bonds. The van der Waals surface area contributed by atoms with E-state index in [-0.39, 0.29) is 0 Å². The number of aryl methyl sites for hydroxylation is 1. The third-order valence-corrected chi connectivity index (χ3v) is 5.22. The number of aromatic nitrogens is 1. The topological polar surface area (TPSA) is 28.2 Å². The summed E-state index contributed by atoms with van der Waals surface area (Å²) in [5.41, 5.74) is 3.17. The van der Waals surface area contributed by atoms with E-state index in [0.717, 1.165) is 46.8 Å². The van der Waals surface area contributed by atoms with Crippen molar-refractivity contribution in [3.63, 3.8) is 0 Å². The summed E-state index contributed by atoms with van der Waals surface area (Å²) in [5, 5.41) is 5.44. The van der Waals surface area contributed by atoms with Crippen molar-refractivity contribution in [1.82, 2.24) is 15.2 Å². The van der Waals surface area contributed by atoms with Crippen molar-refractivity contribution in [2.75, 3.05) is 20.1 Å². The van der Waals surface area contributed by atoms with E-state index in [9.17, 15) is 0 Å². The van der Waals surface area contributed by atoms with Crippen molar-refractivity contribution >= 4 is 22.5 Å². The lowest BCUT2D eigenvalue weighted by Gasteiger charge is -2.27. The second-order valence-electron chi connectivity index (χ2n) is 6.26. The second-order valence-corrected chi connectivity index (χ2v) is 6.64. The SMILES string of the molecule is Cc1c(Cl)c(CN(C)C2CCCNCC2)nc2ccccc12. The van der Waals surface area contributed by atoms with Crippen LogP contribution < -0.4 is 5.32 Å². The van der Waals surface area contributed by atoms with Crippen LogP contribution in [-0.2, 0) is 6.54 Å². The molecule has 1 aliphatic heterocycles. The first-order valence-electron chi connectivity index (χ1n) is 8.11. The molecule has 4 heteroatoms. The number of benzene rings is 1. The Labute approximate surface area is 137 Å². The lowest BCUT2D eigenvalue weighted by atomic mass is 10.1. The van der Waals surface area contributed by atoms with E-state index in [4.69, 9.17) is 16.6 Å². The maximum absolute atomic E-state index is 6.59. The van der Waals surface area contributed by atoms with Gasteiger partial charge in [0.1, 0.15) is 0 Å². The molecule has 1 atom stereocenters. The normalized spacial score (nSPS) is 19.5. The van der Waals surface area contributed by atoms with Gasteiger partial charge < -0.3 is 5.32 Å². The van der Waals surface area contributed by atoms with E-state index < -0.39 is 0 Å². The molecule has 0 bridgehead atoms. The first kappa shape index (κ1) is 15.7. The summed E-state index contributed by atoms with van der Waals surface area (Å²) < 4.78 is 0. The highest BCUT2D eigenvalue weighted by molar-refractivity contribution is 6.32. The molecule has 0 radical (unpaired) electrons. The Kier molecular flexibility index (Phi) is 4.97. The lowest BCUT2D eigenvalue weighted by Crippen LogP contribution is -2.32. The number of halogens is 1. The summed E-state index contributed by atoms with van der Waals surface area (Å²) in [6.07, 6.45) is 3.68. The third kappa shape index (κ3) is 3.27. The van der Waals surface area contributed by atoms with E-state index in [1.54, 1.807) is 0 Å². The highest BCUT2D eigenvalue weighted by atomic mass is 35.5. The van der Waals surface area contributed by atoms with E-state index in [1.807, 2.05) is 12.1 Å². The zero-order chi connectivity index (χ0) is 15.5. The van der Waals surface area contributed by atoms with E-state index in [2.05, 4.69) is 36.3 Å². The van der Waals surface area contributed by atoms with Crippen LogP contribution >= 0.6 is 11.6 Å². The minimum atomic E-state index is 0.611. The van der Waals surface area contributed by atoms with Gasteiger partial charge in [-0.15, -0.1) is 0 Å². The lowest BCUT2D eigenvalue weighted by molar-refractivity contribution is 0.214. The van der Waals surface area contributed by atoms with Gasteiger partial charge >= 0.3 is 0 Å². The number of fused-ring (bicyclic) bond motifs is 1. The van der Waals surface area contributed by atoms with Crippen molar-refractivity contribution in [3.05, 3.63) is 40.5 Å². The number of hydrogen-bond acceptors (Lipinski definition) is 3. The summed E-state index contributed by atoms with van der Waals surface area (Å²) in [4.78, 5) is 7.22. The van der Waals surface area contributed by atoms with Crippen LogP contribution in [0.4, 0.5) is 0 Å². The Morgan fingerprint density at radius 2 is 2.09 bits per heavy atom. The highest BCUT2D eigenvalue weighted by Gasteiger charge is 2.19. The Hall–Kier alpha value is -1.16. The zero-order valence-corrected chi connectivity index (χ0v) is 14.2. The average molecular weight is 318 g/mol. The van der Waals surface area contributed by atoms with Gasteiger partial charge in [-0.25, -0.2) is 4.98 Å². The number of para-hydroxylation sites is 1. The molecule has 3 nitrogen and oxygen atoms in total. The molecule has 118 valence electrons. The molecule has 1 aromatic carbocycles. The van der Waals surface area contributed by atoms with Gasteiger partial charge in [0.05, 0.1) is 16.2 Å². The van der Waals surface area contributed by atoms with Gasteiger partial charge in [0.25, 0.3) is 0 Å². The van der Waals surface area contributed by atoms with E-state index >= 15 is 0 Å². The second kappa shape index (κ2) is 6.95. The standard InChI is InChI=1S/C18H24ClN3/c1-13-15-7-3-4-8-16(15)21-17(18(13)19)12-22(2)14-6-5-10-20-11-9-14/h3-4,7-8,14,20H,5-6,9-12H2,1-2H3. The van der Waals surface area contributed by atoms with E-state index in [0.29, 0.717) is 6.04 Å². The maximum atomic E-state index is 6.59. The van der Waals surface area contributed by atoms with Crippen molar-refractivity contribution < 1.29 is 0 Å². The quantitative estimate of drug-likeness (QED) is 0.934. The predicted octanol–water partition coefficient (Wildman–Crippen LogP) is 3.77. The molecular formula is C18H24ClN3. The van der Waals surface area contributed by atoms with E-state index in [1.165, 1.54) is 19.3 Å². The van der Waals surface area contributed by atoms with Gasteiger partial charge in [-0.2, -0.15) is 0 Å². The first-order chi connectivity index (χ1) is 10.7. The molecule has 0 saturated carbocycles. The molecule has 22 heavy (non-hydrogen) atoms. The minimum Gasteiger partial charge on any atom is -0.317 e. The Morgan fingerprint density at radius 1 is 1.27 bits per heavy atom. The summed E-state index contributed by atoms with van der Waals surface area (Å²) >= 11 is 6.59.